The third-order valence-electron chi connectivity index (χ3n) is 3.41. The molecule has 0 bridgehead atoms. The normalized spacial score (nSPS) is 14.8. The number of hydrogen-bond donors (Lipinski definition) is 1. The molecule has 110 valence electrons. The fourth-order valence-electron chi connectivity index (χ4n) is 2.51. The lowest BCUT2D eigenvalue weighted by atomic mass is 9.98. The van der Waals surface area contributed by atoms with Crippen LogP contribution in [0.5, 0.6) is 11.5 Å². The quantitative estimate of drug-likeness (QED) is 0.915. The SMILES string of the molecule is CNC(c1cc(F)cc(Br)c1)c1ccc2c(c1)OCCO2. The van der Waals surface area contributed by atoms with E-state index in [0.29, 0.717) is 13.2 Å². The van der Waals surface area contributed by atoms with E-state index in [1.165, 1.54) is 12.1 Å². The minimum absolute atomic E-state index is 0.118. The summed E-state index contributed by atoms with van der Waals surface area (Å²) in [5.74, 6) is 1.21. The largest absolute Gasteiger partial charge is 0.486 e. The van der Waals surface area contributed by atoms with Gasteiger partial charge in [-0.05, 0) is 48.5 Å². The predicted molar refractivity (Wildman–Crippen MR) is 82.4 cm³/mol. The predicted octanol–water partition coefficient (Wildman–Crippen LogP) is 3.67. The van der Waals surface area contributed by atoms with E-state index >= 15 is 0 Å². The molecule has 0 amide bonds. The van der Waals surface area contributed by atoms with Crippen molar-refractivity contribution >= 4 is 15.9 Å². The van der Waals surface area contributed by atoms with Gasteiger partial charge in [0.25, 0.3) is 0 Å². The van der Waals surface area contributed by atoms with Gasteiger partial charge in [-0.3, -0.25) is 0 Å². The molecule has 0 aliphatic carbocycles. The Balaban J connectivity index is 1.99. The summed E-state index contributed by atoms with van der Waals surface area (Å²) in [5, 5.41) is 3.21. The second-order valence-corrected chi connectivity index (χ2v) is 5.74. The highest BCUT2D eigenvalue weighted by atomic mass is 79.9. The molecular formula is C16H15BrFNO2. The molecule has 5 heteroatoms. The highest BCUT2D eigenvalue weighted by molar-refractivity contribution is 9.10. The molecule has 3 rings (SSSR count). The number of hydrogen-bond acceptors (Lipinski definition) is 3. The van der Waals surface area contributed by atoms with Crippen LogP contribution in [0, 0.1) is 5.82 Å². The first-order valence-electron chi connectivity index (χ1n) is 6.70. The maximum atomic E-state index is 13.6. The minimum atomic E-state index is -0.267. The van der Waals surface area contributed by atoms with Gasteiger partial charge in [-0.2, -0.15) is 0 Å². The molecule has 1 atom stereocenters. The van der Waals surface area contributed by atoms with Gasteiger partial charge >= 0.3 is 0 Å². The average Bonchev–Trinajstić information content (AvgIpc) is 2.47. The van der Waals surface area contributed by atoms with E-state index in [1.807, 2.05) is 31.3 Å². The number of halogens is 2. The molecule has 1 N–H and O–H groups in total. The van der Waals surface area contributed by atoms with Crippen molar-refractivity contribution in [2.75, 3.05) is 20.3 Å². The zero-order chi connectivity index (χ0) is 14.8. The molecule has 0 saturated heterocycles. The Morgan fingerprint density at radius 2 is 1.81 bits per heavy atom. The number of ether oxygens (including phenoxy) is 2. The molecule has 21 heavy (non-hydrogen) atoms. The van der Waals surface area contributed by atoms with Crippen LogP contribution in [0.2, 0.25) is 0 Å². The first-order chi connectivity index (χ1) is 10.2. The van der Waals surface area contributed by atoms with Crippen LogP contribution < -0.4 is 14.8 Å². The highest BCUT2D eigenvalue weighted by Gasteiger charge is 2.18. The van der Waals surface area contributed by atoms with Gasteiger partial charge in [0, 0.05) is 4.47 Å². The minimum Gasteiger partial charge on any atom is -0.486 e. The highest BCUT2D eigenvalue weighted by Crippen LogP contribution is 2.34. The number of nitrogens with one attached hydrogen (secondary N) is 1. The smallest absolute Gasteiger partial charge is 0.161 e. The van der Waals surface area contributed by atoms with Crippen molar-refractivity contribution in [3.63, 3.8) is 0 Å². The molecule has 0 spiro atoms. The zero-order valence-corrected chi connectivity index (χ0v) is 13.1. The van der Waals surface area contributed by atoms with Gasteiger partial charge in [-0.1, -0.05) is 22.0 Å². The van der Waals surface area contributed by atoms with Gasteiger partial charge in [-0.25, -0.2) is 4.39 Å². The summed E-state index contributed by atoms with van der Waals surface area (Å²) in [6, 6.07) is 10.6. The van der Waals surface area contributed by atoms with Gasteiger partial charge in [0.1, 0.15) is 19.0 Å². The van der Waals surface area contributed by atoms with Gasteiger partial charge in [0.05, 0.1) is 6.04 Å². The maximum Gasteiger partial charge on any atom is 0.161 e. The monoisotopic (exact) mass is 351 g/mol. The Bertz CT molecular complexity index is 642. The van der Waals surface area contributed by atoms with Gasteiger partial charge < -0.3 is 14.8 Å². The molecule has 0 fully saturated rings. The summed E-state index contributed by atoms with van der Waals surface area (Å²) in [6.45, 7) is 1.12. The molecule has 1 aliphatic heterocycles. The molecule has 2 aromatic carbocycles. The van der Waals surface area contributed by atoms with Crippen LogP contribution in [-0.4, -0.2) is 20.3 Å². The van der Waals surface area contributed by atoms with E-state index < -0.39 is 0 Å². The van der Waals surface area contributed by atoms with Crippen LogP contribution in [-0.2, 0) is 0 Å². The fraction of sp³-hybridized carbons (Fsp3) is 0.250. The lowest BCUT2D eigenvalue weighted by molar-refractivity contribution is 0.171. The standard InChI is InChI=1S/C16H15BrFNO2/c1-19-16(11-6-12(17)9-13(18)7-11)10-2-3-14-15(8-10)21-5-4-20-14/h2-3,6-9,16,19H,4-5H2,1H3. The summed E-state index contributed by atoms with van der Waals surface area (Å²) >= 11 is 3.33. The van der Waals surface area contributed by atoms with E-state index in [1.54, 1.807) is 0 Å². The van der Waals surface area contributed by atoms with Crippen LogP contribution in [0.1, 0.15) is 17.2 Å². The van der Waals surface area contributed by atoms with E-state index in [4.69, 9.17) is 9.47 Å². The van der Waals surface area contributed by atoms with Crippen molar-refractivity contribution in [3.8, 4) is 11.5 Å². The van der Waals surface area contributed by atoms with Crippen molar-refractivity contribution in [2.45, 2.75) is 6.04 Å². The molecule has 1 aliphatic rings. The number of rotatable bonds is 3. The van der Waals surface area contributed by atoms with Crippen molar-refractivity contribution in [1.82, 2.24) is 5.32 Å². The summed E-state index contributed by atoms with van der Waals surface area (Å²) in [7, 11) is 1.85. The van der Waals surface area contributed by atoms with Gasteiger partial charge in [-0.15, -0.1) is 0 Å². The number of benzene rings is 2. The van der Waals surface area contributed by atoms with Crippen LogP contribution in [0.25, 0.3) is 0 Å². The fourth-order valence-corrected chi connectivity index (χ4v) is 2.99. The first-order valence-corrected chi connectivity index (χ1v) is 7.49. The third-order valence-corrected chi connectivity index (χ3v) is 3.86. The third kappa shape index (κ3) is 3.04. The van der Waals surface area contributed by atoms with E-state index in [9.17, 15) is 4.39 Å². The average molecular weight is 352 g/mol. The summed E-state index contributed by atoms with van der Waals surface area (Å²) < 4.78 is 25.5. The molecule has 0 saturated carbocycles. The maximum absolute atomic E-state index is 13.6. The zero-order valence-electron chi connectivity index (χ0n) is 11.5. The van der Waals surface area contributed by atoms with E-state index in [-0.39, 0.29) is 11.9 Å². The van der Waals surface area contributed by atoms with Crippen LogP contribution in [0.4, 0.5) is 4.39 Å². The number of fused-ring (bicyclic) bond motifs is 1. The van der Waals surface area contributed by atoms with Crippen molar-refractivity contribution in [2.24, 2.45) is 0 Å². The second kappa shape index (κ2) is 6.03. The molecule has 2 aromatic rings. The molecular weight excluding hydrogens is 337 g/mol. The van der Waals surface area contributed by atoms with Crippen LogP contribution in [0.15, 0.2) is 40.9 Å². The second-order valence-electron chi connectivity index (χ2n) is 4.83. The van der Waals surface area contributed by atoms with Crippen LogP contribution >= 0.6 is 15.9 Å². The van der Waals surface area contributed by atoms with E-state index in [2.05, 4.69) is 21.2 Å². The lowest BCUT2D eigenvalue weighted by Gasteiger charge is -2.22. The Hall–Kier alpha value is -1.59. The summed E-state index contributed by atoms with van der Waals surface area (Å²) in [6.07, 6.45) is 0. The molecule has 1 heterocycles. The Morgan fingerprint density at radius 3 is 2.52 bits per heavy atom. The summed E-state index contributed by atoms with van der Waals surface area (Å²) in [4.78, 5) is 0. The van der Waals surface area contributed by atoms with Gasteiger partial charge in [0.15, 0.2) is 11.5 Å². The lowest BCUT2D eigenvalue weighted by Crippen LogP contribution is -2.19. The molecule has 0 aromatic heterocycles. The van der Waals surface area contributed by atoms with Crippen LogP contribution in [0.3, 0.4) is 0 Å². The van der Waals surface area contributed by atoms with Crippen molar-refractivity contribution < 1.29 is 13.9 Å². The Labute approximate surface area is 131 Å². The molecule has 0 radical (unpaired) electrons. The molecule has 3 nitrogen and oxygen atoms in total. The van der Waals surface area contributed by atoms with Gasteiger partial charge in [0.2, 0.25) is 0 Å². The van der Waals surface area contributed by atoms with E-state index in [0.717, 1.165) is 27.1 Å². The van der Waals surface area contributed by atoms with Crippen molar-refractivity contribution in [3.05, 3.63) is 57.8 Å². The Morgan fingerprint density at radius 1 is 1.05 bits per heavy atom. The first kappa shape index (κ1) is 14.4. The topological polar surface area (TPSA) is 30.5 Å². The molecule has 1 unspecified atom stereocenters. The van der Waals surface area contributed by atoms with Crippen molar-refractivity contribution in [1.29, 1.82) is 0 Å². The summed E-state index contributed by atoms with van der Waals surface area (Å²) in [5.41, 5.74) is 1.85. The Kier molecular flexibility index (Phi) is 4.12.